The molecule has 3 rings (SSSR count). The van der Waals surface area contributed by atoms with Crippen molar-refractivity contribution in [2.75, 3.05) is 32.6 Å². The van der Waals surface area contributed by atoms with Gasteiger partial charge in [-0.3, -0.25) is 9.59 Å². The first kappa shape index (κ1) is 19.7. The number of anilines is 1. The van der Waals surface area contributed by atoms with Crippen LogP contribution in [0.4, 0.5) is 5.69 Å². The molecule has 7 nitrogen and oxygen atoms in total. The van der Waals surface area contributed by atoms with E-state index < -0.39 is 0 Å². The van der Waals surface area contributed by atoms with Gasteiger partial charge in [-0.25, -0.2) is 0 Å². The second kappa shape index (κ2) is 9.23. The molecule has 1 aliphatic heterocycles. The molecular weight excluding hydrogens is 358 g/mol. The number of nitrogens with one attached hydrogen (secondary N) is 3. The van der Waals surface area contributed by atoms with Gasteiger partial charge in [0.25, 0.3) is 11.8 Å². The van der Waals surface area contributed by atoms with Gasteiger partial charge in [0.05, 0.1) is 25.5 Å². The minimum atomic E-state index is -0.306. The topological polar surface area (TPSA) is 88.7 Å². The summed E-state index contributed by atoms with van der Waals surface area (Å²) in [7, 11) is 3.01. The maximum Gasteiger partial charge on any atom is 0.255 e. The molecule has 1 fully saturated rings. The van der Waals surface area contributed by atoms with Crippen molar-refractivity contribution in [2.24, 2.45) is 0 Å². The molecule has 0 aromatic heterocycles. The van der Waals surface area contributed by atoms with Crippen LogP contribution in [0.25, 0.3) is 0 Å². The fourth-order valence-electron chi connectivity index (χ4n) is 3.20. The molecule has 1 saturated heterocycles. The van der Waals surface area contributed by atoms with Crippen LogP contribution in [0.1, 0.15) is 33.6 Å². The predicted octanol–water partition coefficient (Wildman–Crippen LogP) is 2.44. The monoisotopic (exact) mass is 383 g/mol. The second-order valence-electron chi connectivity index (χ2n) is 6.58. The molecule has 0 spiro atoms. The third kappa shape index (κ3) is 4.61. The van der Waals surface area contributed by atoms with E-state index in [1.165, 1.54) is 14.2 Å². The Hall–Kier alpha value is -3.06. The molecule has 0 saturated carbocycles. The van der Waals surface area contributed by atoms with E-state index in [4.69, 9.17) is 9.47 Å². The van der Waals surface area contributed by atoms with E-state index in [1.54, 1.807) is 36.4 Å². The largest absolute Gasteiger partial charge is 0.493 e. The van der Waals surface area contributed by atoms with Gasteiger partial charge in [0, 0.05) is 24.2 Å². The molecule has 0 bridgehead atoms. The van der Waals surface area contributed by atoms with Gasteiger partial charge in [0.2, 0.25) is 0 Å². The summed E-state index contributed by atoms with van der Waals surface area (Å²) in [6.45, 7) is 1.49. The number of ether oxygens (including phenoxy) is 2. The smallest absolute Gasteiger partial charge is 0.255 e. The average Bonchev–Trinajstić information content (AvgIpc) is 3.26. The summed E-state index contributed by atoms with van der Waals surface area (Å²) in [4.78, 5) is 25.4. The molecule has 1 aliphatic rings. The van der Waals surface area contributed by atoms with Crippen molar-refractivity contribution in [1.29, 1.82) is 0 Å². The van der Waals surface area contributed by atoms with Crippen molar-refractivity contribution in [2.45, 2.75) is 18.9 Å². The predicted molar refractivity (Wildman–Crippen MR) is 107 cm³/mol. The number of hydrogen-bond donors (Lipinski definition) is 3. The quantitative estimate of drug-likeness (QED) is 0.683. The third-order valence-electron chi connectivity index (χ3n) is 4.72. The normalized spacial score (nSPS) is 15.7. The maximum absolute atomic E-state index is 12.8. The van der Waals surface area contributed by atoms with Gasteiger partial charge >= 0.3 is 0 Å². The first-order valence-corrected chi connectivity index (χ1v) is 9.26. The van der Waals surface area contributed by atoms with Crippen LogP contribution in [-0.2, 0) is 0 Å². The lowest BCUT2D eigenvalue weighted by Crippen LogP contribution is -2.37. The fraction of sp³-hybridized carbons (Fsp3) is 0.333. The highest BCUT2D eigenvalue weighted by molar-refractivity contribution is 6.09. The highest BCUT2D eigenvalue weighted by atomic mass is 16.5. The number of carbonyl (C=O) groups is 2. The molecule has 2 amide bonds. The number of rotatable bonds is 7. The molecule has 0 aliphatic carbocycles. The van der Waals surface area contributed by atoms with Crippen LogP contribution in [-0.4, -0.2) is 45.2 Å². The van der Waals surface area contributed by atoms with E-state index in [-0.39, 0.29) is 17.9 Å². The zero-order valence-corrected chi connectivity index (χ0v) is 16.1. The summed E-state index contributed by atoms with van der Waals surface area (Å²) in [5.74, 6) is 0.265. The first-order chi connectivity index (χ1) is 13.6. The number of methoxy groups -OCH3 is 2. The van der Waals surface area contributed by atoms with Gasteiger partial charge in [0.15, 0.2) is 11.5 Å². The number of amides is 2. The molecule has 1 unspecified atom stereocenters. The lowest BCUT2D eigenvalue weighted by atomic mass is 10.1. The van der Waals surface area contributed by atoms with Crippen molar-refractivity contribution >= 4 is 17.5 Å². The third-order valence-corrected chi connectivity index (χ3v) is 4.72. The van der Waals surface area contributed by atoms with Crippen molar-refractivity contribution in [3.63, 3.8) is 0 Å². The van der Waals surface area contributed by atoms with E-state index in [1.807, 2.05) is 6.07 Å². The van der Waals surface area contributed by atoms with Gasteiger partial charge < -0.3 is 25.4 Å². The molecule has 148 valence electrons. The Labute approximate surface area is 164 Å². The van der Waals surface area contributed by atoms with Gasteiger partial charge in [0.1, 0.15) is 0 Å². The summed E-state index contributed by atoms with van der Waals surface area (Å²) >= 11 is 0. The van der Waals surface area contributed by atoms with Crippen LogP contribution in [0, 0.1) is 0 Å². The number of benzene rings is 2. The Kier molecular flexibility index (Phi) is 6.49. The van der Waals surface area contributed by atoms with Crippen molar-refractivity contribution in [3.8, 4) is 11.5 Å². The summed E-state index contributed by atoms with van der Waals surface area (Å²) < 4.78 is 10.6. The van der Waals surface area contributed by atoms with E-state index >= 15 is 0 Å². The number of carbonyl (C=O) groups excluding carboxylic acids is 2. The van der Waals surface area contributed by atoms with Crippen molar-refractivity contribution in [3.05, 3.63) is 53.6 Å². The minimum Gasteiger partial charge on any atom is -0.493 e. The number of hydrogen-bond acceptors (Lipinski definition) is 5. The molecule has 1 atom stereocenters. The van der Waals surface area contributed by atoms with Gasteiger partial charge in [-0.15, -0.1) is 0 Å². The summed E-state index contributed by atoms with van der Waals surface area (Å²) in [5.41, 5.74) is 1.18. The average molecular weight is 383 g/mol. The zero-order valence-electron chi connectivity index (χ0n) is 16.1. The highest BCUT2D eigenvalue weighted by Gasteiger charge is 2.21. The molecule has 3 N–H and O–H groups in total. The van der Waals surface area contributed by atoms with Crippen LogP contribution in [0.5, 0.6) is 11.5 Å². The Bertz CT molecular complexity index is 833. The SMILES string of the molecule is COc1cc(NC(=O)c2ccccc2)c(C(=O)NCC2CCCN2)cc1OC. The van der Waals surface area contributed by atoms with E-state index in [2.05, 4.69) is 16.0 Å². The molecule has 7 heteroatoms. The molecular formula is C21H25N3O4. The maximum atomic E-state index is 12.8. The van der Waals surface area contributed by atoms with Crippen LogP contribution < -0.4 is 25.4 Å². The van der Waals surface area contributed by atoms with Crippen LogP contribution in [0.15, 0.2) is 42.5 Å². The minimum absolute atomic E-state index is 0.270. The van der Waals surface area contributed by atoms with Gasteiger partial charge in [-0.05, 0) is 37.6 Å². The Morgan fingerprint density at radius 3 is 2.43 bits per heavy atom. The zero-order chi connectivity index (χ0) is 19.9. The van der Waals surface area contributed by atoms with Crippen molar-refractivity contribution < 1.29 is 19.1 Å². The van der Waals surface area contributed by atoms with Crippen LogP contribution >= 0.6 is 0 Å². The molecule has 0 radical (unpaired) electrons. The molecule has 2 aromatic rings. The molecule has 1 heterocycles. The van der Waals surface area contributed by atoms with E-state index in [9.17, 15) is 9.59 Å². The molecule has 28 heavy (non-hydrogen) atoms. The lowest BCUT2D eigenvalue weighted by molar-refractivity contribution is 0.0951. The second-order valence-corrected chi connectivity index (χ2v) is 6.58. The summed E-state index contributed by atoms with van der Waals surface area (Å²) in [5, 5.41) is 9.09. The van der Waals surface area contributed by atoms with Crippen molar-refractivity contribution in [1.82, 2.24) is 10.6 Å². The van der Waals surface area contributed by atoms with E-state index in [0.717, 1.165) is 19.4 Å². The molecule has 2 aromatic carbocycles. The fourth-order valence-corrected chi connectivity index (χ4v) is 3.20. The highest BCUT2D eigenvalue weighted by Crippen LogP contribution is 2.33. The van der Waals surface area contributed by atoms with Crippen LogP contribution in [0.2, 0.25) is 0 Å². The summed E-state index contributed by atoms with van der Waals surface area (Å²) in [6.07, 6.45) is 2.14. The van der Waals surface area contributed by atoms with E-state index in [0.29, 0.717) is 34.9 Å². The van der Waals surface area contributed by atoms with Gasteiger partial charge in [-0.2, -0.15) is 0 Å². The Morgan fingerprint density at radius 2 is 1.79 bits per heavy atom. The van der Waals surface area contributed by atoms with Crippen LogP contribution in [0.3, 0.4) is 0 Å². The summed E-state index contributed by atoms with van der Waals surface area (Å²) in [6, 6.07) is 12.3. The standard InChI is InChI=1S/C21H25N3O4/c1-27-18-11-16(21(26)23-13-15-9-6-10-22-15)17(12-19(18)28-2)24-20(25)14-7-4-3-5-8-14/h3-5,7-8,11-12,15,22H,6,9-10,13H2,1-2H3,(H,23,26)(H,24,25). The Balaban J connectivity index is 1.85. The van der Waals surface area contributed by atoms with Gasteiger partial charge in [-0.1, -0.05) is 18.2 Å². The first-order valence-electron chi connectivity index (χ1n) is 9.26. The lowest BCUT2D eigenvalue weighted by Gasteiger charge is -2.17. The Morgan fingerprint density at radius 1 is 1.07 bits per heavy atom.